The molecule has 0 radical (unpaired) electrons. The van der Waals surface area contributed by atoms with Crippen LogP contribution in [0, 0.1) is 0 Å². The Kier molecular flexibility index (Phi) is 5.24. The van der Waals surface area contributed by atoms with E-state index in [1.54, 1.807) is 23.7 Å². The van der Waals surface area contributed by atoms with Gasteiger partial charge in [-0.25, -0.2) is 19.6 Å². The molecule has 2 N–H and O–H groups in total. The van der Waals surface area contributed by atoms with Crippen LogP contribution in [0.1, 0.15) is 18.4 Å². The van der Waals surface area contributed by atoms with Crippen LogP contribution in [0.25, 0.3) is 5.69 Å². The van der Waals surface area contributed by atoms with E-state index in [2.05, 4.69) is 59.8 Å². The van der Waals surface area contributed by atoms with Crippen molar-refractivity contribution >= 4 is 11.6 Å². The number of rotatable bonds is 7. The molecule has 0 saturated carbocycles. The third kappa shape index (κ3) is 4.06. The van der Waals surface area contributed by atoms with Crippen LogP contribution in [-0.2, 0) is 6.54 Å². The summed E-state index contributed by atoms with van der Waals surface area (Å²) < 4.78 is 1.76. The first-order valence-corrected chi connectivity index (χ1v) is 9.24. The monoisotopic (exact) mass is 364 g/mol. The third-order valence-corrected chi connectivity index (χ3v) is 4.91. The summed E-state index contributed by atoms with van der Waals surface area (Å²) in [7, 11) is 1.88. The molecule has 1 aliphatic rings. The van der Waals surface area contributed by atoms with E-state index in [-0.39, 0.29) is 0 Å². The Balaban J connectivity index is 1.33. The van der Waals surface area contributed by atoms with Gasteiger partial charge in [-0.05, 0) is 30.5 Å². The van der Waals surface area contributed by atoms with E-state index in [0.29, 0.717) is 6.04 Å². The Hall–Kier alpha value is -3.00. The lowest BCUT2D eigenvalue weighted by Crippen LogP contribution is -2.38. The summed E-state index contributed by atoms with van der Waals surface area (Å²) in [5.74, 6) is 1.85. The number of anilines is 2. The second-order valence-electron chi connectivity index (χ2n) is 6.64. The van der Waals surface area contributed by atoms with Gasteiger partial charge in [-0.1, -0.05) is 12.1 Å². The molecule has 1 aromatic carbocycles. The smallest absolute Gasteiger partial charge is 0.138 e. The maximum Gasteiger partial charge on any atom is 0.138 e. The SMILES string of the molecule is CNc1cc(N2CCCC2CNCc2ccc(-n3cncn3)cc2)ncn1. The third-order valence-electron chi connectivity index (χ3n) is 4.91. The number of benzene rings is 1. The Labute approximate surface area is 158 Å². The summed E-state index contributed by atoms with van der Waals surface area (Å²) in [4.78, 5) is 15.0. The van der Waals surface area contributed by atoms with Gasteiger partial charge < -0.3 is 15.5 Å². The predicted molar refractivity (Wildman–Crippen MR) is 105 cm³/mol. The Morgan fingerprint density at radius 3 is 2.81 bits per heavy atom. The first kappa shape index (κ1) is 17.4. The van der Waals surface area contributed by atoms with Crippen molar-refractivity contribution in [1.29, 1.82) is 0 Å². The van der Waals surface area contributed by atoms with Gasteiger partial charge in [-0.15, -0.1) is 0 Å². The number of hydrogen-bond acceptors (Lipinski definition) is 7. The zero-order chi connectivity index (χ0) is 18.5. The molecular weight excluding hydrogens is 340 g/mol. The summed E-state index contributed by atoms with van der Waals surface area (Å²) in [6, 6.07) is 10.8. The lowest BCUT2D eigenvalue weighted by molar-refractivity contribution is 0.570. The van der Waals surface area contributed by atoms with Gasteiger partial charge in [-0.3, -0.25) is 0 Å². The Bertz CT molecular complexity index is 846. The van der Waals surface area contributed by atoms with Crippen molar-refractivity contribution in [2.24, 2.45) is 0 Å². The van der Waals surface area contributed by atoms with Gasteiger partial charge in [-0.2, -0.15) is 5.10 Å². The van der Waals surface area contributed by atoms with Gasteiger partial charge in [0.2, 0.25) is 0 Å². The summed E-state index contributed by atoms with van der Waals surface area (Å²) >= 11 is 0. The average Bonchev–Trinajstić information content (AvgIpc) is 3.41. The highest BCUT2D eigenvalue weighted by atomic mass is 15.3. The van der Waals surface area contributed by atoms with Crippen LogP contribution in [0.5, 0.6) is 0 Å². The fourth-order valence-electron chi connectivity index (χ4n) is 3.48. The molecule has 2 aromatic heterocycles. The van der Waals surface area contributed by atoms with Crippen molar-refractivity contribution in [2.45, 2.75) is 25.4 Å². The van der Waals surface area contributed by atoms with Crippen molar-refractivity contribution in [3.63, 3.8) is 0 Å². The molecule has 1 aliphatic heterocycles. The first-order chi connectivity index (χ1) is 13.3. The summed E-state index contributed by atoms with van der Waals surface area (Å²) in [6.07, 6.45) is 7.24. The first-order valence-electron chi connectivity index (χ1n) is 9.24. The van der Waals surface area contributed by atoms with Crippen molar-refractivity contribution in [1.82, 2.24) is 30.0 Å². The lowest BCUT2D eigenvalue weighted by atomic mass is 10.2. The molecule has 8 heteroatoms. The highest BCUT2D eigenvalue weighted by molar-refractivity contribution is 5.49. The van der Waals surface area contributed by atoms with Crippen LogP contribution in [0.3, 0.4) is 0 Å². The summed E-state index contributed by atoms with van der Waals surface area (Å²) in [5, 5.41) is 10.8. The largest absolute Gasteiger partial charge is 0.373 e. The number of aromatic nitrogens is 5. The van der Waals surface area contributed by atoms with E-state index in [1.807, 2.05) is 13.1 Å². The molecule has 0 spiro atoms. The van der Waals surface area contributed by atoms with Crippen LogP contribution < -0.4 is 15.5 Å². The molecule has 3 aromatic rings. The molecule has 1 atom stereocenters. The molecule has 4 rings (SSSR count). The van der Waals surface area contributed by atoms with Gasteiger partial charge in [0, 0.05) is 38.8 Å². The molecule has 8 nitrogen and oxygen atoms in total. The number of nitrogens with one attached hydrogen (secondary N) is 2. The molecule has 3 heterocycles. The van der Waals surface area contributed by atoms with Crippen LogP contribution in [0.4, 0.5) is 11.6 Å². The van der Waals surface area contributed by atoms with Crippen LogP contribution >= 0.6 is 0 Å². The van der Waals surface area contributed by atoms with Gasteiger partial charge in [0.25, 0.3) is 0 Å². The molecule has 0 aliphatic carbocycles. The van der Waals surface area contributed by atoms with Crippen LogP contribution in [0.15, 0.2) is 49.3 Å². The maximum absolute atomic E-state index is 4.45. The molecule has 1 fully saturated rings. The van der Waals surface area contributed by atoms with Crippen molar-refractivity contribution in [2.75, 3.05) is 30.4 Å². The van der Waals surface area contributed by atoms with Gasteiger partial charge >= 0.3 is 0 Å². The topological polar surface area (TPSA) is 83.8 Å². The second kappa shape index (κ2) is 8.13. The normalized spacial score (nSPS) is 16.6. The van der Waals surface area contributed by atoms with Crippen molar-refractivity contribution in [3.8, 4) is 5.69 Å². The van der Waals surface area contributed by atoms with Gasteiger partial charge in [0.05, 0.1) is 5.69 Å². The highest BCUT2D eigenvalue weighted by Crippen LogP contribution is 2.24. The molecule has 140 valence electrons. The van der Waals surface area contributed by atoms with E-state index >= 15 is 0 Å². The van der Waals surface area contributed by atoms with E-state index in [1.165, 1.54) is 18.4 Å². The minimum atomic E-state index is 0.457. The van der Waals surface area contributed by atoms with Crippen molar-refractivity contribution in [3.05, 3.63) is 54.9 Å². The fourth-order valence-corrected chi connectivity index (χ4v) is 3.48. The summed E-state index contributed by atoms with van der Waals surface area (Å²) in [5.41, 5.74) is 2.27. The van der Waals surface area contributed by atoms with E-state index in [4.69, 9.17) is 0 Å². The highest BCUT2D eigenvalue weighted by Gasteiger charge is 2.25. The molecule has 0 amide bonds. The van der Waals surface area contributed by atoms with E-state index in [0.717, 1.165) is 37.0 Å². The van der Waals surface area contributed by atoms with E-state index < -0.39 is 0 Å². The molecule has 27 heavy (non-hydrogen) atoms. The number of hydrogen-bond donors (Lipinski definition) is 2. The lowest BCUT2D eigenvalue weighted by Gasteiger charge is -2.26. The standard InChI is InChI=1S/C19H24N8/c1-20-18-9-19(24-13-23-18)26-8-2-3-17(26)11-21-10-15-4-6-16(7-5-15)27-14-22-12-25-27/h4-7,9,12-14,17,21H,2-3,8,10-11H2,1H3,(H,20,23,24). The molecule has 1 saturated heterocycles. The second-order valence-corrected chi connectivity index (χ2v) is 6.64. The minimum absolute atomic E-state index is 0.457. The van der Waals surface area contributed by atoms with E-state index in [9.17, 15) is 0 Å². The Morgan fingerprint density at radius 1 is 1.15 bits per heavy atom. The minimum Gasteiger partial charge on any atom is -0.373 e. The zero-order valence-corrected chi connectivity index (χ0v) is 15.4. The van der Waals surface area contributed by atoms with Gasteiger partial charge in [0.1, 0.15) is 30.6 Å². The molecule has 1 unspecified atom stereocenters. The molecule has 0 bridgehead atoms. The number of nitrogens with zero attached hydrogens (tertiary/aromatic N) is 6. The summed E-state index contributed by atoms with van der Waals surface area (Å²) in [6.45, 7) is 2.82. The van der Waals surface area contributed by atoms with Crippen LogP contribution in [0.2, 0.25) is 0 Å². The average molecular weight is 364 g/mol. The molecular formula is C19H24N8. The van der Waals surface area contributed by atoms with Gasteiger partial charge in [0.15, 0.2) is 0 Å². The maximum atomic E-state index is 4.45. The Morgan fingerprint density at radius 2 is 2.04 bits per heavy atom. The predicted octanol–water partition coefficient (Wildman–Crippen LogP) is 1.86. The quantitative estimate of drug-likeness (QED) is 0.662. The van der Waals surface area contributed by atoms with Crippen molar-refractivity contribution < 1.29 is 0 Å². The fraction of sp³-hybridized carbons (Fsp3) is 0.368. The van der Waals surface area contributed by atoms with Crippen LogP contribution in [-0.4, -0.2) is 50.9 Å². The zero-order valence-electron chi connectivity index (χ0n) is 15.4.